The van der Waals surface area contributed by atoms with Gasteiger partial charge in [-0.25, -0.2) is 4.18 Å². The lowest BCUT2D eigenvalue weighted by Gasteiger charge is -2.26. The molecule has 0 fully saturated rings. The average Bonchev–Trinajstić information content (AvgIpc) is 2.61. The number of hydrogen-bond donors (Lipinski definition) is 0. The van der Waals surface area contributed by atoms with Gasteiger partial charge in [-0.3, -0.25) is 4.98 Å². The first kappa shape index (κ1) is 15.9. The van der Waals surface area contributed by atoms with Gasteiger partial charge in [0.05, 0.1) is 10.4 Å². The zero-order valence-corrected chi connectivity index (χ0v) is 14.2. The van der Waals surface area contributed by atoms with Crippen molar-refractivity contribution < 1.29 is 22.1 Å². The van der Waals surface area contributed by atoms with Gasteiger partial charge in [-0.05, 0) is 43.3 Å². The van der Waals surface area contributed by atoms with Crippen molar-refractivity contribution >= 4 is 21.0 Å². The Morgan fingerprint density at radius 3 is 2.72 bits per heavy atom. The molecule has 0 spiro atoms. The second kappa shape index (κ2) is 6.02. The van der Waals surface area contributed by atoms with Gasteiger partial charge in [0, 0.05) is 11.6 Å². The number of pyridine rings is 1. The zero-order valence-electron chi connectivity index (χ0n) is 13.4. The fraction of sp³-hybridized carbons (Fsp3) is 0.167. The Bertz CT molecular complexity index is 1030. The third kappa shape index (κ3) is 3.04. The maximum Gasteiger partial charge on any atom is 0.300 e. The lowest BCUT2D eigenvalue weighted by Crippen LogP contribution is -2.33. The maximum atomic E-state index is 12.4. The van der Waals surface area contributed by atoms with Gasteiger partial charge in [0.1, 0.15) is 0 Å². The van der Waals surface area contributed by atoms with Crippen LogP contribution in [0, 0.1) is 6.92 Å². The molecule has 4 rings (SSSR count). The first-order valence-corrected chi connectivity index (χ1v) is 9.11. The summed E-state index contributed by atoms with van der Waals surface area (Å²) in [6.07, 6.45) is 0.610. The van der Waals surface area contributed by atoms with Crippen LogP contribution in [0.3, 0.4) is 0 Å². The molecular weight excluding hydrogens is 342 g/mol. The molecule has 1 aliphatic rings. The third-order valence-corrected chi connectivity index (χ3v) is 5.18. The molecule has 6 nitrogen and oxygen atoms in total. The Morgan fingerprint density at radius 2 is 1.92 bits per heavy atom. The summed E-state index contributed by atoms with van der Waals surface area (Å²) in [5.41, 5.74) is 1.69. The highest BCUT2D eigenvalue weighted by atomic mass is 32.2. The van der Waals surface area contributed by atoms with Crippen molar-refractivity contribution in [1.29, 1.82) is 0 Å². The predicted octanol–water partition coefficient (Wildman–Crippen LogP) is 3.05. The minimum Gasteiger partial charge on any atom is -0.483 e. The van der Waals surface area contributed by atoms with Gasteiger partial charge in [-0.15, -0.1) is 0 Å². The van der Waals surface area contributed by atoms with Crippen molar-refractivity contribution in [2.45, 2.75) is 18.1 Å². The maximum absolute atomic E-state index is 12.4. The van der Waals surface area contributed by atoms with E-state index in [2.05, 4.69) is 4.98 Å². The SMILES string of the molecule is Cc1ccc(S(=O)(=O)O[C@@H]2COc3ccc4ncccc4c3O2)cc1. The van der Waals surface area contributed by atoms with Crippen LogP contribution in [-0.2, 0) is 14.3 Å². The minimum atomic E-state index is -3.95. The van der Waals surface area contributed by atoms with Crippen LogP contribution in [0.4, 0.5) is 0 Å². The third-order valence-electron chi connectivity index (χ3n) is 3.87. The summed E-state index contributed by atoms with van der Waals surface area (Å²) in [5.74, 6) is 0.967. The van der Waals surface area contributed by atoms with E-state index in [-0.39, 0.29) is 11.5 Å². The lowest BCUT2D eigenvalue weighted by molar-refractivity contribution is -0.0425. The molecule has 0 unspecified atom stereocenters. The summed E-state index contributed by atoms with van der Waals surface area (Å²) in [6, 6.07) is 13.6. The summed E-state index contributed by atoms with van der Waals surface area (Å²) in [5, 5.41) is 0.737. The fourth-order valence-corrected chi connectivity index (χ4v) is 3.57. The summed E-state index contributed by atoms with van der Waals surface area (Å²) >= 11 is 0. The molecule has 0 saturated carbocycles. The molecule has 25 heavy (non-hydrogen) atoms. The Balaban J connectivity index is 1.62. The molecule has 0 aliphatic carbocycles. The molecular formula is C18H15NO5S. The fourth-order valence-electron chi connectivity index (χ4n) is 2.61. The van der Waals surface area contributed by atoms with E-state index in [9.17, 15) is 8.42 Å². The molecule has 7 heteroatoms. The highest BCUT2D eigenvalue weighted by Gasteiger charge is 2.29. The molecule has 0 N–H and O–H groups in total. The monoisotopic (exact) mass is 357 g/mol. The van der Waals surface area contributed by atoms with Crippen molar-refractivity contribution in [3.63, 3.8) is 0 Å². The number of benzene rings is 2. The van der Waals surface area contributed by atoms with E-state index in [1.165, 1.54) is 12.1 Å². The number of rotatable bonds is 3. The molecule has 3 aromatic rings. The van der Waals surface area contributed by atoms with Gasteiger partial charge in [-0.2, -0.15) is 8.42 Å². The van der Waals surface area contributed by atoms with Crippen LogP contribution in [0.15, 0.2) is 59.6 Å². The Hall–Kier alpha value is -2.64. The van der Waals surface area contributed by atoms with E-state index in [0.29, 0.717) is 11.5 Å². The Labute approximate surface area is 145 Å². The molecule has 2 aromatic carbocycles. The summed E-state index contributed by atoms with van der Waals surface area (Å²) in [4.78, 5) is 4.33. The van der Waals surface area contributed by atoms with Crippen LogP contribution >= 0.6 is 0 Å². The van der Waals surface area contributed by atoms with E-state index in [1.807, 2.05) is 19.1 Å². The van der Waals surface area contributed by atoms with Crippen LogP contribution in [0.25, 0.3) is 10.9 Å². The van der Waals surface area contributed by atoms with E-state index in [0.717, 1.165) is 16.5 Å². The molecule has 128 valence electrons. The Morgan fingerprint density at radius 1 is 1.12 bits per heavy atom. The van der Waals surface area contributed by atoms with E-state index in [1.54, 1.807) is 30.5 Å². The molecule has 1 aromatic heterocycles. The van der Waals surface area contributed by atoms with Crippen LogP contribution < -0.4 is 9.47 Å². The zero-order chi connectivity index (χ0) is 17.4. The number of aromatic nitrogens is 1. The molecule has 2 heterocycles. The largest absolute Gasteiger partial charge is 0.483 e. The predicted molar refractivity (Wildman–Crippen MR) is 91.1 cm³/mol. The molecule has 0 radical (unpaired) electrons. The first-order chi connectivity index (χ1) is 12.0. The number of aryl methyl sites for hydroxylation is 1. The number of fused-ring (bicyclic) bond motifs is 3. The smallest absolute Gasteiger partial charge is 0.300 e. The second-order valence-electron chi connectivity index (χ2n) is 5.68. The Kier molecular flexibility index (Phi) is 3.82. The van der Waals surface area contributed by atoms with Crippen LogP contribution in [0.5, 0.6) is 11.5 Å². The van der Waals surface area contributed by atoms with E-state index >= 15 is 0 Å². The topological polar surface area (TPSA) is 74.7 Å². The van der Waals surface area contributed by atoms with Gasteiger partial charge >= 0.3 is 0 Å². The van der Waals surface area contributed by atoms with Crippen molar-refractivity contribution in [3.8, 4) is 11.5 Å². The van der Waals surface area contributed by atoms with Gasteiger partial charge in [-0.1, -0.05) is 17.7 Å². The molecule has 1 aliphatic heterocycles. The summed E-state index contributed by atoms with van der Waals surface area (Å²) < 4.78 is 41.4. The molecule has 0 saturated heterocycles. The van der Waals surface area contributed by atoms with E-state index < -0.39 is 16.4 Å². The van der Waals surface area contributed by atoms with Gasteiger partial charge in [0.2, 0.25) is 0 Å². The summed E-state index contributed by atoms with van der Waals surface area (Å²) in [7, 11) is -3.95. The summed E-state index contributed by atoms with van der Waals surface area (Å²) in [6.45, 7) is 1.86. The first-order valence-electron chi connectivity index (χ1n) is 7.70. The molecule has 0 bridgehead atoms. The van der Waals surface area contributed by atoms with Crippen molar-refractivity contribution in [2.24, 2.45) is 0 Å². The van der Waals surface area contributed by atoms with Crippen LogP contribution in [-0.4, -0.2) is 26.3 Å². The van der Waals surface area contributed by atoms with Crippen LogP contribution in [0.2, 0.25) is 0 Å². The number of ether oxygens (including phenoxy) is 2. The van der Waals surface area contributed by atoms with Gasteiger partial charge < -0.3 is 9.47 Å². The van der Waals surface area contributed by atoms with E-state index in [4.69, 9.17) is 13.7 Å². The van der Waals surface area contributed by atoms with Crippen molar-refractivity contribution in [2.75, 3.05) is 6.61 Å². The quantitative estimate of drug-likeness (QED) is 0.671. The number of nitrogens with zero attached hydrogens (tertiary/aromatic N) is 1. The second-order valence-corrected chi connectivity index (χ2v) is 7.26. The highest BCUT2D eigenvalue weighted by molar-refractivity contribution is 7.86. The highest BCUT2D eigenvalue weighted by Crippen LogP contribution is 2.38. The van der Waals surface area contributed by atoms with Gasteiger partial charge in [0.15, 0.2) is 18.1 Å². The van der Waals surface area contributed by atoms with Crippen LogP contribution in [0.1, 0.15) is 5.56 Å². The normalized spacial score (nSPS) is 16.8. The van der Waals surface area contributed by atoms with Crippen molar-refractivity contribution in [3.05, 3.63) is 60.3 Å². The lowest BCUT2D eigenvalue weighted by atomic mass is 10.2. The average molecular weight is 357 g/mol. The minimum absolute atomic E-state index is 0.0239. The van der Waals surface area contributed by atoms with Gasteiger partial charge in [0.25, 0.3) is 16.4 Å². The molecule has 0 amide bonds. The number of hydrogen-bond acceptors (Lipinski definition) is 6. The standard InChI is InChI=1S/C18H15NO5S/c1-12-4-6-13(7-5-12)25(20,21)24-17-11-22-16-9-8-15-14(18(16)23-17)3-2-10-19-15/h2-10,17H,11H2,1H3/t17-/m1/s1. The van der Waals surface area contributed by atoms with Crippen molar-refractivity contribution in [1.82, 2.24) is 4.98 Å². The molecule has 1 atom stereocenters.